The molecule has 25 heavy (non-hydrogen) atoms. The molecule has 0 radical (unpaired) electrons. The topological polar surface area (TPSA) is 0 Å². The minimum atomic E-state index is 0. The monoisotopic (exact) mass is 445 g/mol. The average molecular weight is 448 g/mol. The Kier molecular flexibility index (Phi) is 13.1. The van der Waals surface area contributed by atoms with Gasteiger partial charge in [0.2, 0.25) is 0 Å². The molecular weight excluding hydrogens is 426 g/mol. The molecule has 0 N–H and O–H groups in total. The van der Waals surface area contributed by atoms with Gasteiger partial charge in [-0.15, -0.1) is 52.6 Å². The van der Waals surface area contributed by atoms with Gasteiger partial charge in [0.25, 0.3) is 0 Å². The minimum absolute atomic E-state index is 0. The van der Waals surface area contributed by atoms with E-state index in [1.807, 2.05) is 12.2 Å². The first-order valence-electron chi connectivity index (χ1n) is 8.02. The summed E-state index contributed by atoms with van der Waals surface area (Å²) < 4.78 is 0. The zero-order valence-corrected chi connectivity index (χ0v) is 18.1. The van der Waals surface area contributed by atoms with Gasteiger partial charge in [-0.3, -0.25) is 6.08 Å². The quantitative estimate of drug-likeness (QED) is 0.438. The Morgan fingerprint density at radius 3 is 1.60 bits per heavy atom. The second-order valence-electron chi connectivity index (χ2n) is 5.54. The summed E-state index contributed by atoms with van der Waals surface area (Å²) in [6.45, 7) is 0. The van der Waals surface area contributed by atoms with Crippen LogP contribution >= 0.6 is 0 Å². The molecule has 0 aliphatic heterocycles. The number of hydrogen-bond donors (Lipinski definition) is 0. The van der Waals surface area contributed by atoms with Gasteiger partial charge in [-0.2, -0.15) is 18.9 Å². The van der Waals surface area contributed by atoms with Crippen LogP contribution in [0.3, 0.4) is 0 Å². The molecule has 0 atom stereocenters. The molecule has 0 aromatic heterocycles. The van der Waals surface area contributed by atoms with E-state index < -0.39 is 0 Å². The van der Waals surface area contributed by atoms with Crippen molar-refractivity contribution < 1.29 is 51.0 Å². The fourth-order valence-electron chi connectivity index (χ4n) is 2.45. The third-order valence-electron chi connectivity index (χ3n) is 3.93. The van der Waals surface area contributed by atoms with Gasteiger partial charge in [0.15, 0.2) is 0 Å². The maximum absolute atomic E-state index is 2.99. The zero-order valence-electron chi connectivity index (χ0n) is 14.1. The third-order valence-corrected chi connectivity index (χ3v) is 3.93. The molecule has 0 amide bonds. The SMILES string of the molecule is [C-]1=CC=CC1.[CH-]1CCC1.[Cl-].[Cl-].[Zr+2].c1ccc2c(c1)[cH-]c1ccccc12. The Morgan fingerprint density at radius 1 is 0.800 bits per heavy atom. The number of benzene rings is 2. The summed E-state index contributed by atoms with van der Waals surface area (Å²) in [6.07, 6.45) is 16.5. The van der Waals surface area contributed by atoms with Gasteiger partial charge in [0.1, 0.15) is 0 Å². The van der Waals surface area contributed by atoms with Crippen LogP contribution in [-0.4, -0.2) is 0 Å². The van der Waals surface area contributed by atoms with Gasteiger partial charge in [-0.25, -0.2) is 12.2 Å². The van der Waals surface area contributed by atoms with E-state index in [0.717, 1.165) is 6.42 Å². The molecule has 3 aromatic carbocycles. The molecule has 130 valence electrons. The normalized spacial score (nSPS) is 13.1. The third kappa shape index (κ3) is 7.18. The van der Waals surface area contributed by atoms with Crippen LogP contribution in [0.25, 0.3) is 21.5 Å². The van der Waals surface area contributed by atoms with Gasteiger partial charge < -0.3 is 31.2 Å². The van der Waals surface area contributed by atoms with Crippen molar-refractivity contribution in [1.82, 2.24) is 0 Å². The van der Waals surface area contributed by atoms with E-state index in [1.165, 1.54) is 40.8 Å². The molecule has 0 nitrogen and oxygen atoms in total. The summed E-state index contributed by atoms with van der Waals surface area (Å²) in [5.41, 5.74) is 0. The van der Waals surface area contributed by atoms with Crippen LogP contribution < -0.4 is 24.8 Å². The van der Waals surface area contributed by atoms with Crippen molar-refractivity contribution in [1.29, 1.82) is 0 Å². The summed E-state index contributed by atoms with van der Waals surface area (Å²) in [7, 11) is 0. The molecule has 1 saturated carbocycles. The molecule has 2 aliphatic rings. The van der Waals surface area contributed by atoms with E-state index >= 15 is 0 Å². The largest absolute Gasteiger partial charge is 2.00 e. The fraction of sp³-hybridized carbons (Fsp3) is 0.182. The van der Waals surface area contributed by atoms with Crippen LogP contribution in [0.4, 0.5) is 0 Å². The number of hydrogen-bond acceptors (Lipinski definition) is 0. The maximum Gasteiger partial charge on any atom is 2.00 e. The van der Waals surface area contributed by atoms with Crippen molar-refractivity contribution in [2.45, 2.75) is 25.7 Å². The van der Waals surface area contributed by atoms with Gasteiger partial charge in [-0.05, 0) is 0 Å². The van der Waals surface area contributed by atoms with Crippen LogP contribution in [0.2, 0.25) is 0 Å². The van der Waals surface area contributed by atoms with E-state index in [9.17, 15) is 0 Å². The van der Waals surface area contributed by atoms with Crippen molar-refractivity contribution in [2.75, 3.05) is 0 Å². The Labute approximate surface area is 182 Å². The standard InChI is InChI=1S/C13H9.C5H5.C4H7.2ClH.Zr/c1-3-7-12-10(5-1)9-11-6-2-4-8-13(11)12;1-2-4-5-3-1;1-2-4-3-1;;;/h1-9H;1-3H,4H2;1H,2-4H2;2*1H;/q3*-1;;;+2/p-2. The van der Waals surface area contributed by atoms with Crippen molar-refractivity contribution in [3.8, 4) is 0 Å². The predicted molar refractivity (Wildman–Crippen MR) is 96.8 cm³/mol. The van der Waals surface area contributed by atoms with Gasteiger partial charge >= 0.3 is 26.2 Å². The molecule has 5 rings (SSSR count). The van der Waals surface area contributed by atoms with Crippen LogP contribution in [0.15, 0.2) is 72.8 Å². The van der Waals surface area contributed by atoms with Gasteiger partial charge in [0.05, 0.1) is 0 Å². The van der Waals surface area contributed by atoms with E-state index in [4.69, 9.17) is 0 Å². The molecule has 3 aromatic rings. The van der Waals surface area contributed by atoms with E-state index in [2.05, 4.69) is 73.2 Å². The minimum Gasteiger partial charge on any atom is -1.00 e. The van der Waals surface area contributed by atoms with Crippen molar-refractivity contribution >= 4 is 21.5 Å². The van der Waals surface area contributed by atoms with E-state index in [-0.39, 0.29) is 51.0 Å². The van der Waals surface area contributed by atoms with Gasteiger partial charge in [0, 0.05) is 0 Å². The zero-order chi connectivity index (χ0) is 15.0. The fourth-order valence-corrected chi connectivity index (χ4v) is 2.45. The van der Waals surface area contributed by atoms with E-state index in [1.54, 1.807) is 0 Å². The molecular formula is C22H21Cl2Zr-3. The smallest absolute Gasteiger partial charge is 1.00 e. The number of fused-ring (bicyclic) bond motifs is 3. The summed E-state index contributed by atoms with van der Waals surface area (Å²) in [5, 5.41) is 5.39. The Bertz CT molecular complexity index is 718. The van der Waals surface area contributed by atoms with Gasteiger partial charge in [-0.1, -0.05) is 36.4 Å². The van der Waals surface area contributed by atoms with E-state index in [0.29, 0.717) is 0 Å². The molecule has 1 fully saturated rings. The molecule has 0 saturated heterocycles. The van der Waals surface area contributed by atoms with Crippen LogP contribution in [0.5, 0.6) is 0 Å². The second-order valence-corrected chi connectivity index (χ2v) is 5.54. The number of halogens is 2. The Hall–Kier alpha value is -0.747. The van der Waals surface area contributed by atoms with Crippen LogP contribution in [0, 0.1) is 12.5 Å². The van der Waals surface area contributed by atoms with Crippen molar-refractivity contribution in [3.05, 3.63) is 85.3 Å². The molecule has 0 bridgehead atoms. The predicted octanol–water partition coefficient (Wildman–Crippen LogP) is 0.398. The molecule has 2 aliphatic carbocycles. The molecule has 0 spiro atoms. The molecule has 0 heterocycles. The van der Waals surface area contributed by atoms with Crippen molar-refractivity contribution in [3.63, 3.8) is 0 Å². The first-order valence-corrected chi connectivity index (χ1v) is 8.02. The van der Waals surface area contributed by atoms with Crippen LogP contribution in [0.1, 0.15) is 25.7 Å². The Balaban J connectivity index is 0.000000406. The first kappa shape index (κ1) is 24.3. The van der Waals surface area contributed by atoms with Crippen LogP contribution in [-0.2, 0) is 26.2 Å². The summed E-state index contributed by atoms with van der Waals surface area (Å²) in [5.74, 6) is 0. The molecule has 3 heteroatoms. The summed E-state index contributed by atoms with van der Waals surface area (Å²) in [4.78, 5) is 0. The first-order chi connectivity index (χ1) is 10.9. The molecule has 0 unspecified atom stereocenters. The summed E-state index contributed by atoms with van der Waals surface area (Å²) in [6, 6.07) is 19.3. The number of rotatable bonds is 0. The number of allylic oxidation sites excluding steroid dienone is 4. The second kappa shape index (κ2) is 13.5. The summed E-state index contributed by atoms with van der Waals surface area (Å²) >= 11 is 0. The maximum atomic E-state index is 2.99. The van der Waals surface area contributed by atoms with Crippen molar-refractivity contribution in [2.24, 2.45) is 0 Å². The average Bonchev–Trinajstić information content (AvgIpc) is 3.17. The Morgan fingerprint density at radius 2 is 1.28 bits per heavy atom.